The van der Waals surface area contributed by atoms with Gasteiger partial charge in [0.15, 0.2) is 0 Å². The lowest BCUT2D eigenvalue weighted by atomic mass is 10.2. The number of nitrogen functional groups attached to an aromatic ring is 1. The van der Waals surface area contributed by atoms with Crippen molar-refractivity contribution in [2.24, 2.45) is 0 Å². The fraction of sp³-hybridized carbons (Fsp3) is 0.286. The van der Waals surface area contributed by atoms with Crippen molar-refractivity contribution in [3.63, 3.8) is 0 Å². The average Bonchev–Trinajstić information content (AvgIpc) is 2.36. The smallest absolute Gasteiger partial charge is 0.137 e. The average molecular weight is 321 g/mol. The van der Waals surface area contributed by atoms with Gasteiger partial charge < -0.3 is 10.6 Å². The third-order valence-electron chi connectivity index (χ3n) is 3.00. The second-order valence-corrected chi connectivity index (χ2v) is 5.41. The Morgan fingerprint density at radius 1 is 1.21 bits per heavy atom. The summed E-state index contributed by atoms with van der Waals surface area (Å²) in [4.78, 5) is 10.7. The summed E-state index contributed by atoms with van der Waals surface area (Å²) in [5.41, 5.74) is 8.02. The number of halogens is 1. The van der Waals surface area contributed by atoms with Gasteiger partial charge in [0.05, 0.1) is 0 Å². The first-order chi connectivity index (χ1) is 8.99. The normalized spacial score (nSPS) is 10.5. The second-order valence-electron chi connectivity index (χ2n) is 4.55. The monoisotopic (exact) mass is 320 g/mol. The highest BCUT2D eigenvalue weighted by Gasteiger charge is 2.12. The Morgan fingerprint density at radius 2 is 1.89 bits per heavy atom. The Hall–Kier alpha value is -1.62. The highest BCUT2D eigenvalue weighted by molar-refractivity contribution is 9.10. The predicted octanol–water partition coefficient (Wildman–Crippen LogP) is 3.07. The number of aromatic nitrogens is 2. The molecule has 0 atom stereocenters. The van der Waals surface area contributed by atoms with Crippen LogP contribution in [0.25, 0.3) is 0 Å². The third-order valence-corrected chi connectivity index (χ3v) is 3.77. The predicted molar refractivity (Wildman–Crippen MR) is 82.2 cm³/mol. The molecule has 5 heteroatoms. The lowest BCUT2D eigenvalue weighted by molar-refractivity contribution is 0.869. The Kier molecular flexibility index (Phi) is 4.04. The van der Waals surface area contributed by atoms with E-state index in [4.69, 9.17) is 5.73 Å². The van der Waals surface area contributed by atoms with E-state index in [2.05, 4.69) is 36.9 Å². The van der Waals surface area contributed by atoms with Gasteiger partial charge in [-0.25, -0.2) is 9.97 Å². The third kappa shape index (κ3) is 3.04. The van der Waals surface area contributed by atoms with E-state index in [1.165, 1.54) is 5.56 Å². The molecule has 0 aliphatic rings. The molecule has 0 spiro atoms. The Morgan fingerprint density at radius 3 is 2.58 bits per heavy atom. The topological polar surface area (TPSA) is 55.0 Å². The van der Waals surface area contributed by atoms with Crippen molar-refractivity contribution in [2.45, 2.75) is 20.4 Å². The van der Waals surface area contributed by atoms with Gasteiger partial charge in [0.25, 0.3) is 0 Å². The van der Waals surface area contributed by atoms with Crippen molar-refractivity contribution in [1.29, 1.82) is 0 Å². The molecular weight excluding hydrogens is 304 g/mol. The van der Waals surface area contributed by atoms with E-state index < -0.39 is 0 Å². The lowest BCUT2D eigenvalue weighted by Crippen LogP contribution is -2.20. The van der Waals surface area contributed by atoms with Crippen molar-refractivity contribution in [3.8, 4) is 0 Å². The van der Waals surface area contributed by atoms with E-state index in [0.29, 0.717) is 11.6 Å². The molecule has 1 aromatic heterocycles. The number of benzene rings is 1. The Balaban J connectivity index is 2.30. The van der Waals surface area contributed by atoms with Crippen molar-refractivity contribution >= 4 is 27.6 Å². The summed E-state index contributed by atoms with van der Waals surface area (Å²) in [7, 11) is 2.01. The van der Waals surface area contributed by atoms with E-state index in [1.54, 1.807) is 0 Å². The molecule has 0 saturated carbocycles. The van der Waals surface area contributed by atoms with Crippen LogP contribution in [0.5, 0.6) is 0 Å². The van der Waals surface area contributed by atoms with Gasteiger partial charge >= 0.3 is 0 Å². The molecule has 1 aromatic carbocycles. The Labute approximate surface area is 121 Å². The van der Waals surface area contributed by atoms with Gasteiger partial charge in [-0.05, 0) is 25.5 Å². The van der Waals surface area contributed by atoms with Gasteiger partial charge in [0.2, 0.25) is 0 Å². The van der Waals surface area contributed by atoms with E-state index in [0.717, 1.165) is 22.4 Å². The summed E-state index contributed by atoms with van der Waals surface area (Å²) < 4.78 is 1.10. The summed E-state index contributed by atoms with van der Waals surface area (Å²) in [6.07, 6.45) is 0. The molecule has 0 unspecified atom stereocenters. The molecule has 0 radical (unpaired) electrons. The highest BCUT2D eigenvalue weighted by atomic mass is 79.9. The number of hydrogen-bond donors (Lipinski definition) is 1. The molecule has 2 N–H and O–H groups in total. The Bertz CT molecular complexity index is 598. The molecule has 2 aromatic rings. The van der Waals surface area contributed by atoms with Crippen LogP contribution in [0.3, 0.4) is 0 Å². The summed E-state index contributed by atoms with van der Waals surface area (Å²) in [6.45, 7) is 4.56. The summed E-state index contributed by atoms with van der Waals surface area (Å²) in [5, 5.41) is 0. The largest absolute Gasteiger partial charge is 0.383 e. The zero-order chi connectivity index (χ0) is 14.0. The molecule has 100 valence electrons. The van der Waals surface area contributed by atoms with Crippen molar-refractivity contribution < 1.29 is 0 Å². The molecule has 0 fully saturated rings. The van der Waals surface area contributed by atoms with E-state index >= 15 is 0 Å². The first-order valence-electron chi connectivity index (χ1n) is 6.04. The number of anilines is 2. The van der Waals surface area contributed by atoms with Crippen molar-refractivity contribution in [3.05, 3.63) is 45.7 Å². The van der Waals surface area contributed by atoms with Gasteiger partial charge in [-0.3, -0.25) is 0 Å². The summed E-state index contributed by atoms with van der Waals surface area (Å²) in [6, 6.07) is 8.16. The molecule has 0 amide bonds. The van der Waals surface area contributed by atoms with Crippen LogP contribution in [0.1, 0.15) is 17.0 Å². The zero-order valence-electron chi connectivity index (χ0n) is 11.3. The quantitative estimate of drug-likeness (QED) is 0.944. The minimum atomic E-state index is 0.543. The maximum absolute atomic E-state index is 5.90. The van der Waals surface area contributed by atoms with Crippen LogP contribution in [0.15, 0.2) is 28.7 Å². The number of nitrogens with two attached hydrogens (primary N) is 1. The first-order valence-corrected chi connectivity index (χ1v) is 6.83. The van der Waals surface area contributed by atoms with Gasteiger partial charge in [0, 0.05) is 23.6 Å². The minimum Gasteiger partial charge on any atom is -0.383 e. The fourth-order valence-electron chi connectivity index (χ4n) is 1.96. The lowest BCUT2D eigenvalue weighted by Gasteiger charge is -2.21. The maximum Gasteiger partial charge on any atom is 0.137 e. The number of nitrogens with zero attached hydrogens (tertiary/aromatic N) is 3. The van der Waals surface area contributed by atoms with Crippen molar-refractivity contribution in [2.75, 3.05) is 17.7 Å². The molecule has 1 heterocycles. The summed E-state index contributed by atoms with van der Waals surface area (Å²) >= 11 is 3.56. The standard InChI is InChI=1S/C14H17BrN4/c1-9-13(16)17-10(2)18-14(9)19(3)8-11-6-4-5-7-12(11)15/h4-7H,8H2,1-3H3,(H2,16,17,18). The van der Waals surface area contributed by atoms with E-state index in [1.807, 2.05) is 39.1 Å². The van der Waals surface area contributed by atoms with Gasteiger partial charge in [-0.2, -0.15) is 0 Å². The van der Waals surface area contributed by atoms with Gasteiger partial charge in [-0.1, -0.05) is 34.1 Å². The van der Waals surface area contributed by atoms with Gasteiger partial charge in [0.1, 0.15) is 17.5 Å². The first kappa shape index (κ1) is 13.8. The molecule has 0 bridgehead atoms. The SMILES string of the molecule is Cc1nc(N)c(C)c(N(C)Cc2ccccc2Br)n1. The van der Waals surface area contributed by atoms with Gasteiger partial charge in [-0.15, -0.1) is 0 Å². The highest BCUT2D eigenvalue weighted by Crippen LogP contribution is 2.24. The van der Waals surface area contributed by atoms with Crippen LogP contribution in [-0.2, 0) is 6.54 Å². The number of hydrogen-bond acceptors (Lipinski definition) is 4. The van der Waals surface area contributed by atoms with Crippen molar-refractivity contribution in [1.82, 2.24) is 9.97 Å². The molecule has 0 aliphatic carbocycles. The van der Waals surface area contributed by atoms with Crippen LogP contribution in [0, 0.1) is 13.8 Å². The molecule has 2 rings (SSSR count). The maximum atomic E-state index is 5.90. The summed E-state index contributed by atoms with van der Waals surface area (Å²) in [5.74, 6) is 2.11. The zero-order valence-corrected chi connectivity index (χ0v) is 12.9. The fourth-order valence-corrected chi connectivity index (χ4v) is 2.37. The number of rotatable bonds is 3. The van der Waals surface area contributed by atoms with E-state index in [-0.39, 0.29) is 0 Å². The molecule has 0 aliphatic heterocycles. The van der Waals surface area contributed by atoms with Crippen LogP contribution < -0.4 is 10.6 Å². The number of aryl methyl sites for hydroxylation is 1. The molecule has 19 heavy (non-hydrogen) atoms. The van der Waals surface area contributed by atoms with Crippen LogP contribution in [0.4, 0.5) is 11.6 Å². The molecular formula is C14H17BrN4. The van der Waals surface area contributed by atoms with Crippen LogP contribution in [-0.4, -0.2) is 17.0 Å². The molecule has 4 nitrogen and oxygen atoms in total. The second kappa shape index (κ2) is 5.57. The van der Waals surface area contributed by atoms with Crippen LogP contribution >= 0.6 is 15.9 Å². The van der Waals surface area contributed by atoms with E-state index in [9.17, 15) is 0 Å². The van der Waals surface area contributed by atoms with Crippen LogP contribution in [0.2, 0.25) is 0 Å². The minimum absolute atomic E-state index is 0.543. The molecule has 0 saturated heterocycles.